The molecule has 0 fully saturated rings. The van der Waals surface area contributed by atoms with Gasteiger partial charge in [0, 0.05) is 11.6 Å². The quantitative estimate of drug-likeness (QED) is 0.739. The first-order valence-corrected chi connectivity index (χ1v) is 7.41. The van der Waals surface area contributed by atoms with Crippen LogP contribution in [-0.2, 0) is 15.7 Å². The lowest BCUT2D eigenvalue weighted by Crippen LogP contribution is -2.15. The molecule has 0 heterocycles. The Bertz CT molecular complexity index is 429. The second kappa shape index (κ2) is 6.11. The Labute approximate surface area is 101 Å². The lowest BCUT2D eigenvalue weighted by molar-refractivity contribution is 0.340. The van der Waals surface area contributed by atoms with E-state index in [0.29, 0.717) is 11.6 Å². The van der Waals surface area contributed by atoms with E-state index in [9.17, 15) is 8.42 Å². The zero-order chi connectivity index (χ0) is 12.0. The van der Waals surface area contributed by atoms with Crippen LogP contribution in [0.3, 0.4) is 0 Å². The molecule has 1 rings (SSSR count). The van der Waals surface area contributed by atoms with Crippen LogP contribution in [0.2, 0.25) is 0 Å². The second-order valence-corrected chi connectivity index (χ2v) is 6.11. The largest absolute Gasteiger partial charge is 0.493 e. The highest BCUT2D eigenvalue weighted by atomic mass is 35.5. The average Bonchev–Trinajstić information content (AvgIpc) is 2.29. The van der Waals surface area contributed by atoms with Crippen LogP contribution in [-0.4, -0.2) is 26.5 Å². The van der Waals surface area contributed by atoms with E-state index in [-0.39, 0.29) is 18.1 Å². The smallest absolute Gasteiger partial charge is 0.153 e. The summed E-state index contributed by atoms with van der Waals surface area (Å²) in [7, 11) is -2.96. The molecule has 0 saturated heterocycles. The summed E-state index contributed by atoms with van der Waals surface area (Å²) >= 11 is 5.68. The Balaban J connectivity index is 2.49. The predicted molar refractivity (Wildman–Crippen MR) is 65.8 cm³/mol. The first-order chi connectivity index (χ1) is 7.57. The van der Waals surface area contributed by atoms with Crippen molar-refractivity contribution < 1.29 is 13.2 Å². The monoisotopic (exact) mass is 262 g/mol. The first-order valence-electron chi connectivity index (χ1n) is 5.05. The molecule has 0 radical (unpaired) electrons. The van der Waals surface area contributed by atoms with Crippen LogP contribution in [0.15, 0.2) is 24.3 Å². The first kappa shape index (κ1) is 13.3. The summed E-state index contributed by atoms with van der Waals surface area (Å²) in [5.74, 6) is 1.28. The summed E-state index contributed by atoms with van der Waals surface area (Å²) in [5.41, 5.74) is 0.956. The molecule has 0 saturated carbocycles. The Morgan fingerprint density at radius 3 is 2.75 bits per heavy atom. The number of ether oxygens (including phenoxy) is 1. The maximum absolute atomic E-state index is 11.2. The molecule has 1 aromatic carbocycles. The molecular weight excluding hydrogens is 248 g/mol. The molecule has 0 amide bonds. The molecule has 0 bridgehead atoms. The number of rotatable bonds is 6. The van der Waals surface area contributed by atoms with E-state index in [0.717, 1.165) is 5.56 Å². The molecule has 5 heteroatoms. The molecule has 0 unspecified atom stereocenters. The number of benzene rings is 1. The molecule has 0 aliphatic heterocycles. The summed E-state index contributed by atoms with van der Waals surface area (Å²) in [6.45, 7) is 1.81. The van der Waals surface area contributed by atoms with E-state index in [2.05, 4.69) is 0 Å². The maximum atomic E-state index is 11.2. The molecule has 3 nitrogen and oxygen atoms in total. The van der Waals surface area contributed by atoms with Crippen molar-refractivity contribution in [3.05, 3.63) is 29.8 Å². The third-order valence-electron chi connectivity index (χ3n) is 2.16. The van der Waals surface area contributed by atoms with Crippen LogP contribution < -0.4 is 4.74 Å². The van der Waals surface area contributed by atoms with Gasteiger partial charge >= 0.3 is 0 Å². The molecule has 90 valence electrons. The van der Waals surface area contributed by atoms with Gasteiger partial charge in [0.15, 0.2) is 9.84 Å². The SMILES string of the molecule is CCS(=O)(=O)CCOc1cccc(CCl)c1. The molecule has 0 aromatic heterocycles. The highest BCUT2D eigenvalue weighted by Crippen LogP contribution is 2.14. The Morgan fingerprint density at radius 1 is 1.38 bits per heavy atom. The minimum Gasteiger partial charge on any atom is -0.493 e. The van der Waals surface area contributed by atoms with E-state index in [1.165, 1.54) is 0 Å². The van der Waals surface area contributed by atoms with E-state index < -0.39 is 9.84 Å². The molecule has 0 aliphatic carbocycles. The normalized spacial score (nSPS) is 11.4. The zero-order valence-electron chi connectivity index (χ0n) is 9.15. The van der Waals surface area contributed by atoms with Crippen LogP contribution in [0.5, 0.6) is 5.75 Å². The fraction of sp³-hybridized carbons (Fsp3) is 0.455. The number of halogens is 1. The van der Waals surface area contributed by atoms with Gasteiger partial charge in [-0.3, -0.25) is 0 Å². The summed E-state index contributed by atoms with van der Waals surface area (Å²) in [6.07, 6.45) is 0. The van der Waals surface area contributed by atoms with Gasteiger partial charge in [0.2, 0.25) is 0 Å². The van der Waals surface area contributed by atoms with E-state index >= 15 is 0 Å². The van der Waals surface area contributed by atoms with Gasteiger partial charge in [0.25, 0.3) is 0 Å². The third kappa shape index (κ3) is 4.41. The van der Waals surface area contributed by atoms with Gasteiger partial charge in [-0.05, 0) is 17.7 Å². The van der Waals surface area contributed by atoms with Gasteiger partial charge in [0.1, 0.15) is 12.4 Å². The van der Waals surface area contributed by atoms with Crippen molar-refractivity contribution in [1.29, 1.82) is 0 Å². The fourth-order valence-corrected chi connectivity index (χ4v) is 1.94. The van der Waals surface area contributed by atoms with Crippen molar-refractivity contribution in [2.45, 2.75) is 12.8 Å². The predicted octanol–water partition coefficient (Wildman–Crippen LogP) is 2.24. The topological polar surface area (TPSA) is 43.4 Å². The average molecular weight is 263 g/mol. The van der Waals surface area contributed by atoms with Crippen molar-refractivity contribution in [3.8, 4) is 5.75 Å². The summed E-state index contributed by atoms with van der Waals surface area (Å²) < 4.78 is 27.8. The number of hydrogen-bond donors (Lipinski definition) is 0. The summed E-state index contributed by atoms with van der Waals surface area (Å²) in [6, 6.07) is 7.32. The minimum atomic E-state index is -2.96. The second-order valence-electron chi connectivity index (χ2n) is 3.37. The van der Waals surface area contributed by atoms with Crippen LogP contribution in [0.1, 0.15) is 12.5 Å². The molecule has 0 N–H and O–H groups in total. The van der Waals surface area contributed by atoms with Crippen molar-refractivity contribution >= 4 is 21.4 Å². The lowest BCUT2D eigenvalue weighted by atomic mass is 10.2. The molecule has 0 spiro atoms. The Hall–Kier alpha value is -0.740. The van der Waals surface area contributed by atoms with Gasteiger partial charge in [-0.2, -0.15) is 0 Å². The van der Waals surface area contributed by atoms with Crippen LogP contribution in [0.25, 0.3) is 0 Å². The minimum absolute atomic E-state index is 0.0502. The van der Waals surface area contributed by atoms with Gasteiger partial charge in [-0.15, -0.1) is 11.6 Å². The van der Waals surface area contributed by atoms with E-state index in [4.69, 9.17) is 16.3 Å². The van der Waals surface area contributed by atoms with Crippen molar-refractivity contribution in [2.24, 2.45) is 0 Å². The zero-order valence-corrected chi connectivity index (χ0v) is 10.7. The lowest BCUT2D eigenvalue weighted by Gasteiger charge is -2.06. The molecule has 1 aromatic rings. The van der Waals surface area contributed by atoms with Crippen LogP contribution in [0.4, 0.5) is 0 Å². The van der Waals surface area contributed by atoms with Crippen molar-refractivity contribution in [1.82, 2.24) is 0 Å². The van der Waals surface area contributed by atoms with Crippen molar-refractivity contribution in [3.63, 3.8) is 0 Å². The number of alkyl halides is 1. The van der Waals surface area contributed by atoms with Crippen LogP contribution in [0, 0.1) is 0 Å². The van der Waals surface area contributed by atoms with Gasteiger partial charge < -0.3 is 4.74 Å². The maximum Gasteiger partial charge on any atom is 0.153 e. The van der Waals surface area contributed by atoms with Gasteiger partial charge in [-0.25, -0.2) is 8.42 Å². The highest BCUT2D eigenvalue weighted by Gasteiger charge is 2.07. The third-order valence-corrected chi connectivity index (χ3v) is 4.13. The summed E-state index contributed by atoms with van der Waals surface area (Å²) in [4.78, 5) is 0. The number of sulfone groups is 1. The Morgan fingerprint density at radius 2 is 2.12 bits per heavy atom. The molecule has 16 heavy (non-hydrogen) atoms. The summed E-state index contributed by atoms with van der Waals surface area (Å²) in [5, 5.41) is 0. The van der Waals surface area contributed by atoms with E-state index in [1.54, 1.807) is 13.0 Å². The fourth-order valence-electron chi connectivity index (χ4n) is 1.15. The molecule has 0 atom stereocenters. The van der Waals surface area contributed by atoms with Crippen LogP contribution >= 0.6 is 11.6 Å². The highest BCUT2D eigenvalue weighted by molar-refractivity contribution is 7.91. The number of hydrogen-bond acceptors (Lipinski definition) is 3. The van der Waals surface area contributed by atoms with E-state index in [1.807, 2.05) is 18.2 Å². The van der Waals surface area contributed by atoms with Crippen molar-refractivity contribution in [2.75, 3.05) is 18.1 Å². The Kier molecular flexibility index (Phi) is 5.09. The molecular formula is C11H15ClO3S. The van der Waals surface area contributed by atoms with Gasteiger partial charge in [0.05, 0.1) is 5.75 Å². The standard InChI is InChI=1S/C11H15ClO3S/c1-2-16(13,14)7-6-15-11-5-3-4-10(8-11)9-12/h3-5,8H,2,6-7,9H2,1H3. The van der Waals surface area contributed by atoms with Gasteiger partial charge in [-0.1, -0.05) is 19.1 Å². The molecule has 0 aliphatic rings.